The third kappa shape index (κ3) is 3.52. The van der Waals surface area contributed by atoms with Crippen molar-refractivity contribution >= 4 is 23.3 Å². The summed E-state index contributed by atoms with van der Waals surface area (Å²) in [6.45, 7) is 6.96. The Morgan fingerprint density at radius 1 is 1.22 bits per heavy atom. The number of fused-ring (bicyclic) bond motifs is 2. The fourth-order valence-corrected chi connectivity index (χ4v) is 4.07. The second kappa shape index (κ2) is 6.15. The largest absolute Gasteiger partial charge is 0.444 e. The summed E-state index contributed by atoms with van der Waals surface area (Å²) in [5.41, 5.74) is 0.256. The van der Waals surface area contributed by atoms with Gasteiger partial charge in [-0.1, -0.05) is 0 Å². The lowest BCUT2D eigenvalue weighted by molar-refractivity contribution is 0.0151. The van der Waals surface area contributed by atoms with E-state index < -0.39 is 5.60 Å². The maximum absolute atomic E-state index is 12.6. The van der Waals surface area contributed by atoms with Crippen LogP contribution in [0.4, 0.5) is 4.79 Å². The molecule has 0 spiro atoms. The molecule has 126 valence electrons. The lowest BCUT2D eigenvalue weighted by Gasteiger charge is -2.31. The number of likely N-dealkylation sites (tertiary alicyclic amines) is 1. The Kier molecular flexibility index (Phi) is 4.36. The van der Waals surface area contributed by atoms with Crippen molar-refractivity contribution in [2.24, 2.45) is 0 Å². The van der Waals surface area contributed by atoms with E-state index in [1.165, 1.54) is 11.3 Å². The van der Waals surface area contributed by atoms with E-state index >= 15 is 0 Å². The van der Waals surface area contributed by atoms with Crippen LogP contribution in [0.15, 0.2) is 16.8 Å². The van der Waals surface area contributed by atoms with Gasteiger partial charge in [0.1, 0.15) is 5.60 Å². The maximum atomic E-state index is 12.6. The molecule has 2 saturated heterocycles. The zero-order valence-corrected chi connectivity index (χ0v) is 14.8. The summed E-state index contributed by atoms with van der Waals surface area (Å²) in [6, 6.07) is 2.12. The SMILES string of the molecule is CC(C)(C)OC(=O)N1C2CCC1CN(C(=O)c1ccsc1)CC2. The molecule has 0 radical (unpaired) electrons. The molecule has 2 amide bonds. The number of rotatable bonds is 1. The van der Waals surface area contributed by atoms with Crippen molar-refractivity contribution in [3.05, 3.63) is 22.4 Å². The average Bonchev–Trinajstić information content (AvgIpc) is 3.03. The van der Waals surface area contributed by atoms with Crippen molar-refractivity contribution in [2.45, 2.75) is 57.7 Å². The van der Waals surface area contributed by atoms with Crippen LogP contribution < -0.4 is 0 Å². The first-order chi connectivity index (χ1) is 10.8. The molecule has 5 nitrogen and oxygen atoms in total. The molecule has 2 fully saturated rings. The van der Waals surface area contributed by atoms with Gasteiger partial charge in [-0.3, -0.25) is 4.79 Å². The highest BCUT2D eigenvalue weighted by Crippen LogP contribution is 2.32. The van der Waals surface area contributed by atoms with Crippen molar-refractivity contribution in [1.82, 2.24) is 9.80 Å². The Balaban J connectivity index is 1.72. The lowest BCUT2D eigenvalue weighted by Crippen LogP contribution is -2.46. The van der Waals surface area contributed by atoms with Gasteiger partial charge in [0.2, 0.25) is 0 Å². The van der Waals surface area contributed by atoms with E-state index in [-0.39, 0.29) is 24.1 Å². The molecular formula is C17H24N2O3S. The van der Waals surface area contributed by atoms with Crippen molar-refractivity contribution in [1.29, 1.82) is 0 Å². The lowest BCUT2D eigenvalue weighted by atomic mass is 10.1. The fraction of sp³-hybridized carbons (Fsp3) is 0.647. The molecule has 0 saturated carbocycles. The van der Waals surface area contributed by atoms with Crippen molar-refractivity contribution in [2.75, 3.05) is 13.1 Å². The van der Waals surface area contributed by atoms with Gasteiger partial charge < -0.3 is 14.5 Å². The van der Waals surface area contributed by atoms with Crippen molar-refractivity contribution in [3.63, 3.8) is 0 Å². The van der Waals surface area contributed by atoms with Gasteiger partial charge in [-0.15, -0.1) is 0 Å². The molecule has 3 rings (SSSR count). The number of nitrogens with zero attached hydrogens (tertiary/aromatic N) is 2. The smallest absolute Gasteiger partial charge is 0.410 e. The van der Waals surface area contributed by atoms with E-state index in [0.717, 1.165) is 24.8 Å². The first-order valence-corrected chi connectivity index (χ1v) is 9.12. The average molecular weight is 336 g/mol. The van der Waals surface area contributed by atoms with Gasteiger partial charge >= 0.3 is 6.09 Å². The molecule has 0 aromatic carbocycles. The number of hydrogen-bond acceptors (Lipinski definition) is 4. The van der Waals surface area contributed by atoms with Crippen molar-refractivity contribution < 1.29 is 14.3 Å². The summed E-state index contributed by atoms with van der Waals surface area (Å²) in [5.74, 6) is 0.0722. The molecule has 3 heterocycles. The highest BCUT2D eigenvalue weighted by molar-refractivity contribution is 7.08. The molecule has 1 aromatic rings. The van der Waals surface area contributed by atoms with E-state index in [1.54, 1.807) is 0 Å². The van der Waals surface area contributed by atoms with Crippen LogP contribution in [0, 0.1) is 0 Å². The van der Waals surface area contributed by atoms with Crippen LogP contribution in [-0.4, -0.2) is 52.6 Å². The maximum Gasteiger partial charge on any atom is 0.410 e. The monoisotopic (exact) mass is 336 g/mol. The van der Waals surface area contributed by atoms with E-state index in [1.807, 2.05) is 47.4 Å². The van der Waals surface area contributed by atoms with E-state index in [2.05, 4.69) is 0 Å². The first-order valence-electron chi connectivity index (χ1n) is 8.18. The molecule has 2 aliphatic rings. The summed E-state index contributed by atoms with van der Waals surface area (Å²) in [4.78, 5) is 28.9. The zero-order valence-electron chi connectivity index (χ0n) is 13.9. The van der Waals surface area contributed by atoms with E-state index in [9.17, 15) is 9.59 Å². The van der Waals surface area contributed by atoms with Crippen LogP contribution in [0.2, 0.25) is 0 Å². The van der Waals surface area contributed by atoms with Gasteiger partial charge in [-0.2, -0.15) is 11.3 Å². The van der Waals surface area contributed by atoms with Crippen LogP contribution in [0.3, 0.4) is 0 Å². The molecular weight excluding hydrogens is 312 g/mol. The fourth-order valence-electron chi connectivity index (χ4n) is 3.44. The molecule has 2 bridgehead atoms. The molecule has 1 aromatic heterocycles. The number of amides is 2. The number of carbonyl (C=O) groups is 2. The quantitative estimate of drug-likeness (QED) is 0.790. The Bertz CT molecular complexity index is 579. The Morgan fingerprint density at radius 2 is 1.96 bits per heavy atom. The van der Waals surface area contributed by atoms with Gasteiger partial charge in [0.15, 0.2) is 0 Å². The molecule has 0 N–H and O–H groups in total. The topological polar surface area (TPSA) is 49.9 Å². The van der Waals surface area contributed by atoms with E-state index in [4.69, 9.17) is 4.74 Å². The minimum atomic E-state index is -0.491. The van der Waals surface area contributed by atoms with Crippen LogP contribution >= 0.6 is 11.3 Å². The number of hydrogen-bond donors (Lipinski definition) is 0. The predicted molar refractivity (Wildman–Crippen MR) is 89.7 cm³/mol. The molecule has 2 aliphatic heterocycles. The second-order valence-electron chi connectivity index (χ2n) is 7.32. The minimum absolute atomic E-state index is 0.0694. The summed E-state index contributed by atoms with van der Waals surface area (Å²) < 4.78 is 5.57. The van der Waals surface area contributed by atoms with Crippen LogP contribution in [0.1, 0.15) is 50.4 Å². The number of carbonyl (C=O) groups excluding carboxylic acids is 2. The summed E-state index contributed by atoms with van der Waals surface area (Å²) in [5, 5.41) is 3.81. The summed E-state index contributed by atoms with van der Waals surface area (Å²) in [6.07, 6.45) is 2.53. The highest BCUT2D eigenvalue weighted by Gasteiger charge is 2.42. The van der Waals surface area contributed by atoms with Gasteiger partial charge in [0.25, 0.3) is 5.91 Å². The summed E-state index contributed by atoms with van der Waals surface area (Å²) >= 11 is 1.53. The predicted octanol–water partition coefficient (Wildman–Crippen LogP) is 3.36. The van der Waals surface area contributed by atoms with Gasteiger partial charge in [0.05, 0.1) is 11.6 Å². The molecule has 2 atom stereocenters. The van der Waals surface area contributed by atoms with E-state index in [0.29, 0.717) is 13.1 Å². The Hall–Kier alpha value is -1.56. The highest BCUT2D eigenvalue weighted by atomic mass is 32.1. The second-order valence-corrected chi connectivity index (χ2v) is 8.10. The number of thiophene rings is 1. The zero-order chi connectivity index (χ0) is 16.6. The molecule has 2 unspecified atom stereocenters. The molecule has 0 aliphatic carbocycles. The molecule has 23 heavy (non-hydrogen) atoms. The van der Waals surface area contributed by atoms with Crippen LogP contribution in [-0.2, 0) is 4.74 Å². The van der Waals surface area contributed by atoms with Crippen LogP contribution in [0.5, 0.6) is 0 Å². The number of ether oxygens (including phenoxy) is 1. The standard InChI is InChI=1S/C17H24N2O3S/c1-17(2,3)22-16(21)19-13-4-5-14(19)10-18(8-6-13)15(20)12-7-9-23-11-12/h7,9,11,13-14H,4-6,8,10H2,1-3H3. The Morgan fingerprint density at radius 3 is 2.61 bits per heavy atom. The summed E-state index contributed by atoms with van der Waals surface area (Å²) in [7, 11) is 0. The third-order valence-electron chi connectivity index (χ3n) is 4.44. The van der Waals surface area contributed by atoms with Gasteiger partial charge in [0, 0.05) is 24.5 Å². The first kappa shape index (κ1) is 16.3. The minimum Gasteiger partial charge on any atom is -0.444 e. The Labute approximate surface area is 141 Å². The van der Waals surface area contributed by atoms with Gasteiger partial charge in [-0.05, 0) is 51.5 Å². The normalized spacial score (nSPS) is 24.5. The van der Waals surface area contributed by atoms with Crippen LogP contribution in [0.25, 0.3) is 0 Å². The van der Waals surface area contributed by atoms with Gasteiger partial charge in [-0.25, -0.2) is 4.79 Å². The molecule has 6 heteroatoms. The van der Waals surface area contributed by atoms with Crippen molar-refractivity contribution in [3.8, 4) is 0 Å². The third-order valence-corrected chi connectivity index (χ3v) is 5.13.